The van der Waals surface area contributed by atoms with Crippen molar-refractivity contribution >= 4 is 11.4 Å². The summed E-state index contributed by atoms with van der Waals surface area (Å²) in [5, 5.41) is 10.2. The van der Waals surface area contributed by atoms with E-state index in [-0.39, 0.29) is 11.5 Å². The van der Waals surface area contributed by atoms with Crippen molar-refractivity contribution < 1.29 is 5.11 Å². The van der Waals surface area contributed by atoms with E-state index in [2.05, 4.69) is 19.9 Å². The quantitative estimate of drug-likeness (QED) is 0.694. The smallest absolute Gasteiger partial charge is 0.0583 e. The number of anilines is 2. The molecular formula is C18H28N2O. The Morgan fingerprint density at radius 2 is 2.00 bits per heavy atom. The summed E-state index contributed by atoms with van der Waals surface area (Å²) in [6.07, 6.45) is 4.16. The summed E-state index contributed by atoms with van der Waals surface area (Å²) in [6, 6.07) is 4.15. The minimum Gasteiger partial charge on any atom is -0.397 e. The molecule has 2 aliphatic carbocycles. The Balaban J connectivity index is 1.98. The van der Waals surface area contributed by atoms with Gasteiger partial charge in [-0.05, 0) is 73.0 Å². The third-order valence-corrected chi connectivity index (χ3v) is 6.70. The zero-order chi connectivity index (χ0) is 15.4. The van der Waals surface area contributed by atoms with Crippen LogP contribution in [0.15, 0.2) is 12.1 Å². The number of aliphatic hydroxyl groups is 1. The highest BCUT2D eigenvalue weighted by Crippen LogP contribution is 2.56. The van der Waals surface area contributed by atoms with Crippen molar-refractivity contribution in [3.8, 4) is 0 Å². The van der Waals surface area contributed by atoms with Gasteiger partial charge >= 0.3 is 0 Å². The third kappa shape index (κ3) is 2.05. The van der Waals surface area contributed by atoms with Crippen LogP contribution in [0.4, 0.5) is 11.4 Å². The van der Waals surface area contributed by atoms with Gasteiger partial charge in [0.1, 0.15) is 0 Å². The van der Waals surface area contributed by atoms with Crippen LogP contribution in [0.25, 0.3) is 0 Å². The van der Waals surface area contributed by atoms with Crippen LogP contribution in [0.3, 0.4) is 0 Å². The van der Waals surface area contributed by atoms with Gasteiger partial charge < -0.3 is 16.6 Å². The molecule has 0 bridgehead atoms. The van der Waals surface area contributed by atoms with Gasteiger partial charge in [-0.3, -0.25) is 0 Å². The van der Waals surface area contributed by atoms with Crippen LogP contribution in [-0.4, -0.2) is 11.2 Å². The lowest BCUT2D eigenvalue weighted by molar-refractivity contribution is -0.0519. The number of rotatable bonds is 1. The van der Waals surface area contributed by atoms with Gasteiger partial charge in [0.2, 0.25) is 0 Å². The Bertz CT molecular complexity index is 554. The lowest BCUT2D eigenvalue weighted by Crippen LogP contribution is -2.46. The first-order chi connectivity index (χ1) is 9.86. The first-order valence-corrected chi connectivity index (χ1v) is 8.21. The summed E-state index contributed by atoms with van der Waals surface area (Å²) in [7, 11) is 0. The number of fused-ring (bicyclic) bond motifs is 3. The third-order valence-electron chi connectivity index (χ3n) is 6.70. The molecular weight excluding hydrogens is 260 g/mol. The first-order valence-electron chi connectivity index (χ1n) is 8.21. The summed E-state index contributed by atoms with van der Waals surface area (Å²) >= 11 is 0. The maximum atomic E-state index is 10.2. The van der Waals surface area contributed by atoms with E-state index in [1.807, 2.05) is 13.0 Å². The molecule has 0 radical (unpaired) electrons. The van der Waals surface area contributed by atoms with Crippen molar-refractivity contribution in [2.24, 2.45) is 17.3 Å². The number of hydrogen-bond acceptors (Lipinski definition) is 3. The Morgan fingerprint density at radius 3 is 2.67 bits per heavy atom. The van der Waals surface area contributed by atoms with Crippen molar-refractivity contribution in [3.63, 3.8) is 0 Å². The largest absolute Gasteiger partial charge is 0.397 e. The summed E-state index contributed by atoms with van der Waals surface area (Å²) < 4.78 is 0. The highest BCUT2D eigenvalue weighted by molar-refractivity contribution is 5.70. The second kappa shape index (κ2) is 4.91. The van der Waals surface area contributed by atoms with Crippen LogP contribution in [-0.2, 0) is 6.42 Å². The second-order valence-electron chi connectivity index (χ2n) is 7.45. The van der Waals surface area contributed by atoms with Crippen molar-refractivity contribution in [1.29, 1.82) is 0 Å². The summed E-state index contributed by atoms with van der Waals surface area (Å²) in [4.78, 5) is 0. The van der Waals surface area contributed by atoms with Gasteiger partial charge in [-0.15, -0.1) is 0 Å². The van der Waals surface area contributed by atoms with Crippen LogP contribution < -0.4 is 11.5 Å². The maximum Gasteiger partial charge on any atom is 0.0583 e. The first kappa shape index (κ1) is 14.7. The summed E-state index contributed by atoms with van der Waals surface area (Å²) in [5.74, 6) is 1.76. The number of hydrogen-bond donors (Lipinski definition) is 3. The van der Waals surface area contributed by atoms with Crippen molar-refractivity contribution in [1.82, 2.24) is 0 Å². The Hall–Kier alpha value is -1.22. The minimum absolute atomic E-state index is 0.0397. The molecule has 3 heteroatoms. The zero-order valence-electron chi connectivity index (χ0n) is 13.4. The molecule has 0 saturated heterocycles. The van der Waals surface area contributed by atoms with Gasteiger partial charge in [-0.25, -0.2) is 0 Å². The van der Waals surface area contributed by atoms with Crippen LogP contribution >= 0.6 is 0 Å². The van der Waals surface area contributed by atoms with Gasteiger partial charge in [0.15, 0.2) is 0 Å². The standard InChI is InChI=1S/C18H28N2O/c1-10-12-4-5-15-13(6-7-16(19)17(15)20)14(12)8-9-18(10,3)11(2)21/h6-7,10-12,14,21H,4-5,8-9,19-20H2,1-3H3. The lowest BCUT2D eigenvalue weighted by Gasteiger charge is -2.52. The minimum atomic E-state index is -0.244. The van der Waals surface area contributed by atoms with Crippen molar-refractivity contribution in [3.05, 3.63) is 23.3 Å². The molecule has 0 spiro atoms. The molecule has 5 unspecified atom stereocenters. The molecule has 3 rings (SSSR count). The predicted molar refractivity (Wildman–Crippen MR) is 88.0 cm³/mol. The van der Waals surface area contributed by atoms with E-state index in [0.29, 0.717) is 23.4 Å². The Labute approximate surface area is 127 Å². The highest BCUT2D eigenvalue weighted by Gasteiger charge is 2.48. The zero-order valence-corrected chi connectivity index (χ0v) is 13.4. The molecule has 21 heavy (non-hydrogen) atoms. The van der Waals surface area contributed by atoms with Crippen molar-refractivity contribution in [2.75, 3.05) is 11.5 Å². The second-order valence-corrected chi connectivity index (χ2v) is 7.45. The molecule has 5 atom stereocenters. The van der Waals surface area contributed by atoms with Crippen LogP contribution in [0.1, 0.15) is 57.1 Å². The van der Waals surface area contributed by atoms with Gasteiger partial charge in [-0.2, -0.15) is 0 Å². The molecule has 1 aromatic rings. The van der Waals surface area contributed by atoms with Gasteiger partial charge in [0, 0.05) is 0 Å². The molecule has 5 N–H and O–H groups in total. The van der Waals surface area contributed by atoms with E-state index >= 15 is 0 Å². The van der Waals surface area contributed by atoms with Gasteiger partial charge in [0.25, 0.3) is 0 Å². The average molecular weight is 288 g/mol. The lowest BCUT2D eigenvalue weighted by atomic mass is 9.54. The van der Waals surface area contributed by atoms with Gasteiger partial charge in [0.05, 0.1) is 17.5 Å². The topological polar surface area (TPSA) is 72.3 Å². The molecule has 0 aromatic heterocycles. The van der Waals surface area contributed by atoms with Gasteiger partial charge in [-0.1, -0.05) is 19.9 Å². The highest BCUT2D eigenvalue weighted by atomic mass is 16.3. The van der Waals surface area contributed by atoms with Crippen LogP contribution in [0.5, 0.6) is 0 Å². The molecule has 0 amide bonds. The molecule has 116 valence electrons. The Kier molecular flexibility index (Phi) is 3.44. The van der Waals surface area contributed by atoms with Crippen molar-refractivity contribution in [2.45, 2.75) is 58.5 Å². The molecule has 2 aliphatic rings. The average Bonchev–Trinajstić information content (AvgIpc) is 2.46. The molecule has 1 aromatic carbocycles. The monoisotopic (exact) mass is 288 g/mol. The fraction of sp³-hybridized carbons (Fsp3) is 0.667. The van der Waals surface area contributed by atoms with E-state index < -0.39 is 0 Å². The summed E-state index contributed by atoms with van der Waals surface area (Å²) in [5.41, 5.74) is 16.4. The van der Waals surface area contributed by atoms with Crippen LogP contribution in [0.2, 0.25) is 0 Å². The molecule has 3 nitrogen and oxygen atoms in total. The fourth-order valence-corrected chi connectivity index (χ4v) is 4.81. The molecule has 0 heterocycles. The Morgan fingerprint density at radius 1 is 1.29 bits per heavy atom. The predicted octanol–water partition coefficient (Wildman–Crippen LogP) is 3.31. The van der Waals surface area contributed by atoms with E-state index in [0.717, 1.165) is 31.4 Å². The molecule has 1 saturated carbocycles. The van der Waals surface area contributed by atoms with E-state index in [1.165, 1.54) is 11.1 Å². The summed E-state index contributed by atoms with van der Waals surface area (Å²) in [6.45, 7) is 6.53. The number of nitrogen functional groups attached to an aromatic ring is 2. The normalized spacial score (nSPS) is 36.7. The number of aliphatic hydroxyl groups excluding tert-OH is 1. The molecule has 1 fully saturated rings. The number of benzene rings is 1. The fourth-order valence-electron chi connectivity index (χ4n) is 4.81. The van der Waals surface area contributed by atoms with E-state index in [4.69, 9.17) is 11.5 Å². The molecule has 0 aliphatic heterocycles. The maximum absolute atomic E-state index is 10.2. The number of nitrogens with two attached hydrogens (primary N) is 2. The van der Waals surface area contributed by atoms with E-state index in [9.17, 15) is 5.11 Å². The van der Waals surface area contributed by atoms with Crippen LogP contribution in [0, 0.1) is 17.3 Å². The van der Waals surface area contributed by atoms with E-state index in [1.54, 1.807) is 0 Å². The SMILES string of the molecule is CC(O)C1(C)CCC2c3ccc(N)c(N)c3CCC2C1C.